The van der Waals surface area contributed by atoms with E-state index in [0.717, 1.165) is 24.0 Å². The molecule has 2 N–H and O–H groups in total. The maximum absolute atomic E-state index is 12.6. The van der Waals surface area contributed by atoms with Gasteiger partial charge in [0.05, 0.1) is 11.1 Å². The summed E-state index contributed by atoms with van der Waals surface area (Å²) in [6, 6.07) is 9.78. The van der Waals surface area contributed by atoms with Crippen LogP contribution in [0.15, 0.2) is 41.3 Å². The van der Waals surface area contributed by atoms with Gasteiger partial charge in [-0.05, 0) is 68.1 Å². The van der Waals surface area contributed by atoms with Gasteiger partial charge >= 0.3 is 0 Å². The fraction of sp³-hybridized carbons (Fsp3) is 0.350. The van der Waals surface area contributed by atoms with Gasteiger partial charge in [0, 0.05) is 24.4 Å². The van der Waals surface area contributed by atoms with Gasteiger partial charge in [0.25, 0.3) is 5.91 Å². The smallest absolute Gasteiger partial charge is 0.255 e. The number of hydrogen-bond acceptors (Lipinski definition) is 4. The van der Waals surface area contributed by atoms with Gasteiger partial charge in [-0.1, -0.05) is 17.7 Å². The van der Waals surface area contributed by atoms with Crippen molar-refractivity contribution in [3.05, 3.63) is 58.1 Å². The lowest BCUT2D eigenvalue weighted by Gasteiger charge is -2.13. The Labute approximate surface area is 170 Å². The Kier molecular flexibility index (Phi) is 6.40. The molecule has 1 aliphatic rings. The van der Waals surface area contributed by atoms with Gasteiger partial charge in [-0.3, -0.25) is 4.79 Å². The van der Waals surface area contributed by atoms with Gasteiger partial charge < -0.3 is 10.1 Å². The predicted molar refractivity (Wildman–Crippen MR) is 109 cm³/mol. The minimum absolute atomic E-state index is 0.0579. The second kappa shape index (κ2) is 8.61. The van der Waals surface area contributed by atoms with Crippen LogP contribution in [0.4, 0.5) is 5.69 Å². The van der Waals surface area contributed by atoms with Crippen LogP contribution in [0.5, 0.6) is 0 Å². The molecule has 0 bridgehead atoms. The Bertz CT molecular complexity index is 986. The van der Waals surface area contributed by atoms with E-state index < -0.39 is 15.9 Å². The third-order valence-corrected chi connectivity index (χ3v) is 6.68. The summed E-state index contributed by atoms with van der Waals surface area (Å²) in [6.07, 6.45) is 1.60. The molecule has 2 aromatic rings. The maximum Gasteiger partial charge on any atom is 0.255 e. The van der Waals surface area contributed by atoms with E-state index in [9.17, 15) is 13.2 Å². The Morgan fingerprint density at radius 3 is 2.64 bits per heavy atom. The third-order valence-electron chi connectivity index (χ3n) is 4.77. The highest BCUT2D eigenvalue weighted by atomic mass is 35.5. The highest BCUT2D eigenvalue weighted by molar-refractivity contribution is 7.89. The van der Waals surface area contributed by atoms with Crippen molar-refractivity contribution in [2.75, 3.05) is 18.5 Å². The quantitative estimate of drug-likeness (QED) is 0.743. The predicted octanol–water partition coefficient (Wildman–Crippen LogP) is 3.67. The molecule has 8 heteroatoms. The number of carbonyl (C=O) groups excluding carboxylic acids is 1. The van der Waals surface area contributed by atoms with Crippen LogP contribution < -0.4 is 10.0 Å². The van der Waals surface area contributed by atoms with E-state index in [4.69, 9.17) is 16.3 Å². The standard InChI is InChI=1S/C20H23ClN2O4S/c1-13-5-7-16(10-14(13)2)23-20(24)15-6-8-18(21)19(11-15)28(25,26)22-12-17-4-3-9-27-17/h5-8,10-11,17,22H,3-4,9,12H2,1-2H3,(H,23,24)/t17-/m0/s1. The number of hydrogen-bond donors (Lipinski definition) is 2. The summed E-state index contributed by atoms with van der Waals surface area (Å²) in [4.78, 5) is 12.5. The van der Waals surface area contributed by atoms with Crippen LogP contribution in [-0.2, 0) is 14.8 Å². The molecule has 150 valence electrons. The number of amides is 1. The molecule has 1 atom stereocenters. The van der Waals surface area contributed by atoms with Crippen molar-refractivity contribution in [3.63, 3.8) is 0 Å². The van der Waals surface area contributed by atoms with Crippen molar-refractivity contribution in [1.82, 2.24) is 4.72 Å². The Morgan fingerprint density at radius 1 is 1.18 bits per heavy atom. The summed E-state index contributed by atoms with van der Waals surface area (Å²) in [5, 5.41) is 2.84. The average Bonchev–Trinajstić information content (AvgIpc) is 3.17. The van der Waals surface area contributed by atoms with Crippen molar-refractivity contribution < 1.29 is 17.9 Å². The molecule has 1 amide bonds. The van der Waals surface area contributed by atoms with Crippen LogP contribution in [0.2, 0.25) is 5.02 Å². The fourth-order valence-corrected chi connectivity index (χ4v) is 4.55. The molecule has 0 aliphatic carbocycles. The van der Waals surface area contributed by atoms with Gasteiger partial charge in [0.2, 0.25) is 10.0 Å². The molecule has 0 aromatic heterocycles. The van der Waals surface area contributed by atoms with E-state index in [1.165, 1.54) is 18.2 Å². The Balaban J connectivity index is 1.77. The summed E-state index contributed by atoms with van der Waals surface area (Å²) >= 11 is 6.10. The van der Waals surface area contributed by atoms with Crippen LogP contribution >= 0.6 is 11.6 Å². The van der Waals surface area contributed by atoms with Gasteiger partial charge in [0.1, 0.15) is 4.90 Å². The summed E-state index contributed by atoms with van der Waals surface area (Å²) in [5.74, 6) is -0.407. The molecule has 0 radical (unpaired) electrons. The number of ether oxygens (including phenoxy) is 1. The highest BCUT2D eigenvalue weighted by Crippen LogP contribution is 2.24. The van der Waals surface area contributed by atoms with Crippen molar-refractivity contribution in [2.45, 2.75) is 37.7 Å². The van der Waals surface area contributed by atoms with E-state index in [1.54, 1.807) is 6.07 Å². The largest absolute Gasteiger partial charge is 0.377 e. The molecule has 0 unspecified atom stereocenters. The summed E-state index contributed by atoms with van der Waals surface area (Å²) < 4.78 is 33.2. The van der Waals surface area contributed by atoms with Crippen LogP contribution in [0.3, 0.4) is 0 Å². The molecule has 3 rings (SSSR count). The summed E-state index contributed by atoms with van der Waals surface area (Å²) in [7, 11) is -3.86. The lowest BCUT2D eigenvalue weighted by atomic mass is 10.1. The number of carbonyl (C=O) groups is 1. The van der Waals surface area contributed by atoms with Crippen LogP contribution in [0, 0.1) is 13.8 Å². The van der Waals surface area contributed by atoms with Crippen molar-refractivity contribution in [2.24, 2.45) is 0 Å². The first-order chi connectivity index (χ1) is 13.3. The van der Waals surface area contributed by atoms with Gasteiger partial charge in [0.15, 0.2) is 0 Å². The lowest BCUT2D eigenvalue weighted by Crippen LogP contribution is -2.32. The normalized spacial score (nSPS) is 16.9. The zero-order chi connectivity index (χ0) is 20.3. The average molecular weight is 423 g/mol. The number of benzene rings is 2. The Morgan fingerprint density at radius 2 is 1.96 bits per heavy atom. The number of aryl methyl sites for hydroxylation is 2. The molecule has 28 heavy (non-hydrogen) atoms. The molecule has 1 heterocycles. The maximum atomic E-state index is 12.6. The van der Waals surface area contributed by atoms with Gasteiger partial charge in [-0.2, -0.15) is 0 Å². The first-order valence-electron chi connectivity index (χ1n) is 9.06. The molecule has 2 aromatic carbocycles. The minimum atomic E-state index is -3.86. The van der Waals surface area contributed by atoms with Crippen molar-refractivity contribution in [1.29, 1.82) is 0 Å². The van der Waals surface area contributed by atoms with E-state index in [-0.39, 0.29) is 28.1 Å². The monoisotopic (exact) mass is 422 g/mol. The van der Waals surface area contributed by atoms with E-state index in [1.807, 2.05) is 26.0 Å². The van der Waals surface area contributed by atoms with Gasteiger partial charge in [-0.15, -0.1) is 0 Å². The van der Waals surface area contributed by atoms with Crippen LogP contribution in [0.25, 0.3) is 0 Å². The molecule has 1 aliphatic heterocycles. The second-order valence-electron chi connectivity index (χ2n) is 6.89. The topological polar surface area (TPSA) is 84.5 Å². The zero-order valence-electron chi connectivity index (χ0n) is 15.8. The first kappa shape index (κ1) is 20.8. The fourth-order valence-electron chi connectivity index (χ4n) is 2.96. The SMILES string of the molecule is Cc1ccc(NC(=O)c2ccc(Cl)c(S(=O)(=O)NC[C@@H]3CCCO3)c2)cc1C. The molecule has 1 saturated heterocycles. The first-order valence-corrected chi connectivity index (χ1v) is 10.9. The number of nitrogens with one attached hydrogen (secondary N) is 2. The molecular weight excluding hydrogens is 400 g/mol. The van der Waals surface area contributed by atoms with Crippen molar-refractivity contribution in [3.8, 4) is 0 Å². The zero-order valence-corrected chi connectivity index (χ0v) is 17.4. The van der Waals surface area contributed by atoms with E-state index in [0.29, 0.717) is 12.3 Å². The molecule has 6 nitrogen and oxygen atoms in total. The minimum Gasteiger partial charge on any atom is -0.377 e. The molecule has 0 spiro atoms. The number of sulfonamides is 1. The number of anilines is 1. The summed E-state index contributed by atoms with van der Waals surface area (Å²) in [6.45, 7) is 4.76. The third kappa shape index (κ3) is 4.91. The van der Waals surface area contributed by atoms with Crippen LogP contribution in [0.1, 0.15) is 34.3 Å². The molecule has 1 fully saturated rings. The van der Waals surface area contributed by atoms with Crippen molar-refractivity contribution >= 4 is 33.2 Å². The number of halogens is 1. The van der Waals surface area contributed by atoms with E-state index >= 15 is 0 Å². The molecular formula is C20H23ClN2O4S. The highest BCUT2D eigenvalue weighted by Gasteiger charge is 2.23. The lowest BCUT2D eigenvalue weighted by molar-refractivity contribution is 0.102. The number of rotatable bonds is 6. The Hall–Kier alpha value is -1.93. The van der Waals surface area contributed by atoms with E-state index in [2.05, 4.69) is 10.0 Å². The molecule has 0 saturated carbocycles. The summed E-state index contributed by atoms with van der Waals surface area (Å²) in [5.41, 5.74) is 3.02. The second-order valence-corrected chi connectivity index (χ2v) is 9.03. The van der Waals surface area contributed by atoms with Gasteiger partial charge in [-0.25, -0.2) is 13.1 Å². The van der Waals surface area contributed by atoms with Crippen LogP contribution in [-0.4, -0.2) is 33.6 Å².